The third-order valence-corrected chi connectivity index (χ3v) is 3.89. The van der Waals surface area contributed by atoms with E-state index in [4.69, 9.17) is 11.6 Å². The van der Waals surface area contributed by atoms with Crippen LogP contribution < -0.4 is 10.6 Å². The molecule has 0 bridgehead atoms. The number of nitrogens with one attached hydrogen (secondary N) is 2. The maximum Gasteiger partial charge on any atom is 0.248 e. The number of nitrogens with zero attached hydrogens (tertiary/aromatic N) is 2. The van der Waals surface area contributed by atoms with Crippen LogP contribution in [0, 0.1) is 6.92 Å². The number of anilines is 1. The topological polar surface area (TPSA) is 58.9 Å². The van der Waals surface area contributed by atoms with Gasteiger partial charge in [0.1, 0.15) is 5.15 Å². The molecule has 0 fully saturated rings. The summed E-state index contributed by atoms with van der Waals surface area (Å²) < 4.78 is 1.58. The molecule has 0 saturated heterocycles. The Morgan fingerprint density at radius 2 is 2.08 bits per heavy atom. The number of hydrogen-bond donors (Lipinski definition) is 2. The van der Waals surface area contributed by atoms with E-state index in [1.807, 2.05) is 38.1 Å². The summed E-state index contributed by atoms with van der Waals surface area (Å²) in [5, 5.41) is 10.9. The summed E-state index contributed by atoms with van der Waals surface area (Å²) in [6.45, 7) is 5.49. The van der Waals surface area contributed by atoms with Gasteiger partial charge >= 0.3 is 0 Å². The first kappa shape index (κ1) is 20.2. The van der Waals surface area contributed by atoms with E-state index in [-0.39, 0.29) is 18.3 Å². The van der Waals surface area contributed by atoms with Crippen molar-refractivity contribution in [2.24, 2.45) is 7.05 Å². The van der Waals surface area contributed by atoms with Crippen LogP contribution in [-0.4, -0.2) is 22.2 Å². The van der Waals surface area contributed by atoms with E-state index in [2.05, 4.69) is 15.7 Å². The Balaban J connectivity index is 0.00000288. The molecular formula is C17H22Cl2N4O. The molecule has 0 atom stereocenters. The van der Waals surface area contributed by atoms with E-state index in [0.29, 0.717) is 11.7 Å². The van der Waals surface area contributed by atoms with Crippen LogP contribution in [0.4, 0.5) is 5.69 Å². The third-order valence-electron chi connectivity index (χ3n) is 3.44. The Morgan fingerprint density at radius 3 is 2.71 bits per heavy atom. The zero-order valence-corrected chi connectivity index (χ0v) is 15.5. The minimum atomic E-state index is -0.201. The second kappa shape index (κ2) is 9.47. The lowest BCUT2D eigenvalue weighted by atomic mass is 10.1. The van der Waals surface area contributed by atoms with Crippen molar-refractivity contribution in [1.29, 1.82) is 0 Å². The molecule has 130 valence electrons. The molecule has 0 aliphatic carbocycles. The maximum atomic E-state index is 12.2. The molecule has 2 aromatic rings. The predicted molar refractivity (Wildman–Crippen MR) is 102 cm³/mol. The van der Waals surface area contributed by atoms with E-state index in [0.717, 1.165) is 29.1 Å². The number of halogens is 2. The summed E-state index contributed by atoms with van der Waals surface area (Å²) in [4.78, 5) is 12.2. The summed E-state index contributed by atoms with van der Waals surface area (Å²) >= 11 is 6.15. The zero-order valence-electron chi connectivity index (χ0n) is 14.0. The van der Waals surface area contributed by atoms with Crippen LogP contribution in [0.15, 0.2) is 30.3 Å². The third kappa shape index (κ3) is 5.09. The van der Waals surface area contributed by atoms with Crippen LogP contribution in [0.3, 0.4) is 0 Å². The molecule has 0 saturated carbocycles. The van der Waals surface area contributed by atoms with E-state index in [1.54, 1.807) is 17.8 Å². The fourth-order valence-corrected chi connectivity index (χ4v) is 2.46. The van der Waals surface area contributed by atoms with Crippen molar-refractivity contribution in [3.63, 3.8) is 0 Å². The van der Waals surface area contributed by atoms with E-state index >= 15 is 0 Å². The number of hydrogen-bond acceptors (Lipinski definition) is 3. The van der Waals surface area contributed by atoms with Gasteiger partial charge in [0.2, 0.25) is 5.91 Å². The predicted octanol–water partition coefficient (Wildman–Crippen LogP) is 3.57. The summed E-state index contributed by atoms with van der Waals surface area (Å²) in [6, 6.07) is 7.73. The number of aromatic nitrogens is 2. The Labute approximate surface area is 153 Å². The zero-order chi connectivity index (χ0) is 16.8. The van der Waals surface area contributed by atoms with E-state index in [1.165, 1.54) is 6.08 Å². The molecule has 5 nitrogen and oxygen atoms in total. The molecular weight excluding hydrogens is 347 g/mol. The molecule has 7 heteroatoms. The highest BCUT2D eigenvalue weighted by atomic mass is 35.5. The van der Waals surface area contributed by atoms with Crippen molar-refractivity contribution in [2.45, 2.75) is 20.4 Å². The van der Waals surface area contributed by atoms with Gasteiger partial charge in [-0.3, -0.25) is 9.48 Å². The van der Waals surface area contributed by atoms with Gasteiger partial charge in [-0.25, -0.2) is 0 Å². The second-order valence-corrected chi connectivity index (χ2v) is 5.53. The van der Waals surface area contributed by atoms with Crippen molar-refractivity contribution >= 4 is 41.7 Å². The van der Waals surface area contributed by atoms with Crippen LogP contribution in [-0.2, 0) is 18.4 Å². The Bertz CT molecular complexity index is 725. The lowest BCUT2D eigenvalue weighted by molar-refractivity contribution is -0.111. The van der Waals surface area contributed by atoms with Crippen LogP contribution in [0.2, 0.25) is 5.15 Å². The average molecular weight is 369 g/mol. The first-order valence-electron chi connectivity index (χ1n) is 7.49. The lowest BCUT2D eigenvalue weighted by Crippen LogP contribution is -2.15. The van der Waals surface area contributed by atoms with Crippen LogP contribution in [0.5, 0.6) is 0 Å². The molecule has 1 heterocycles. The molecule has 0 spiro atoms. The Kier molecular flexibility index (Phi) is 7.98. The minimum Gasteiger partial charge on any atom is -0.322 e. The number of para-hydroxylation sites is 1. The SMILES string of the molecule is CCNCc1ccccc1NC(=O)/C=C/c1c(C)nn(C)c1Cl.Cl. The average Bonchev–Trinajstić information content (AvgIpc) is 2.77. The van der Waals surface area contributed by atoms with Gasteiger partial charge in [-0.15, -0.1) is 12.4 Å². The lowest BCUT2D eigenvalue weighted by Gasteiger charge is -2.10. The molecule has 1 amide bonds. The monoisotopic (exact) mass is 368 g/mol. The maximum absolute atomic E-state index is 12.2. The Hall–Kier alpha value is -1.82. The van der Waals surface area contributed by atoms with Crippen LogP contribution in [0.25, 0.3) is 6.08 Å². The van der Waals surface area contributed by atoms with Gasteiger partial charge in [-0.05, 0) is 31.2 Å². The van der Waals surface area contributed by atoms with Gasteiger partial charge in [-0.2, -0.15) is 5.10 Å². The molecule has 2 N–H and O–H groups in total. The second-order valence-electron chi connectivity index (χ2n) is 5.17. The van der Waals surface area contributed by atoms with Gasteiger partial charge in [-0.1, -0.05) is 36.7 Å². The summed E-state index contributed by atoms with van der Waals surface area (Å²) in [5.41, 5.74) is 3.39. The number of carbonyl (C=O) groups excluding carboxylic acids is 1. The molecule has 0 aliphatic rings. The molecule has 1 aromatic heterocycles. The van der Waals surface area contributed by atoms with Crippen molar-refractivity contribution in [3.05, 3.63) is 52.3 Å². The van der Waals surface area contributed by atoms with Crippen molar-refractivity contribution in [3.8, 4) is 0 Å². The quantitative estimate of drug-likeness (QED) is 0.766. The van der Waals surface area contributed by atoms with Gasteiger partial charge in [0, 0.05) is 30.9 Å². The van der Waals surface area contributed by atoms with Crippen molar-refractivity contribution < 1.29 is 4.79 Å². The highest BCUT2D eigenvalue weighted by molar-refractivity contribution is 6.31. The summed E-state index contributed by atoms with van der Waals surface area (Å²) in [5.74, 6) is -0.201. The molecule has 0 unspecified atom stereocenters. The van der Waals surface area contributed by atoms with Gasteiger partial charge in [0.15, 0.2) is 0 Å². The normalized spacial score (nSPS) is 10.7. The molecule has 24 heavy (non-hydrogen) atoms. The van der Waals surface area contributed by atoms with Crippen LogP contribution in [0.1, 0.15) is 23.7 Å². The number of carbonyl (C=O) groups is 1. The van der Waals surface area contributed by atoms with Gasteiger partial charge < -0.3 is 10.6 Å². The number of aryl methyl sites for hydroxylation is 2. The van der Waals surface area contributed by atoms with Crippen molar-refractivity contribution in [2.75, 3.05) is 11.9 Å². The molecule has 0 aliphatic heterocycles. The van der Waals surface area contributed by atoms with Crippen LogP contribution >= 0.6 is 24.0 Å². The first-order chi connectivity index (χ1) is 11.0. The first-order valence-corrected chi connectivity index (χ1v) is 7.87. The standard InChI is InChI=1S/C17H21ClN4O.ClH/c1-4-19-11-13-7-5-6-8-15(13)20-16(23)10-9-14-12(2)21-22(3)17(14)18;/h5-10,19H,4,11H2,1-3H3,(H,20,23);1H/b10-9+;. The summed E-state index contributed by atoms with van der Waals surface area (Å²) in [7, 11) is 1.77. The summed E-state index contributed by atoms with van der Waals surface area (Å²) in [6.07, 6.45) is 3.16. The Morgan fingerprint density at radius 1 is 1.38 bits per heavy atom. The van der Waals surface area contributed by atoms with E-state index < -0.39 is 0 Å². The highest BCUT2D eigenvalue weighted by Gasteiger charge is 2.09. The fraction of sp³-hybridized carbons (Fsp3) is 0.294. The van der Waals surface area contributed by atoms with Gasteiger partial charge in [0.05, 0.1) is 5.69 Å². The highest BCUT2D eigenvalue weighted by Crippen LogP contribution is 2.20. The van der Waals surface area contributed by atoms with Crippen molar-refractivity contribution in [1.82, 2.24) is 15.1 Å². The number of amides is 1. The number of benzene rings is 1. The fourth-order valence-electron chi connectivity index (χ4n) is 2.23. The van der Waals surface area contributed by atoms with Gasteiger partial charge in [0.25, 0.3) is 0 Å². The molecule has 1 aromatic carbocycles. The number of rotatable bonds is 6. The molecule has 2 rings (SSSR count). The largest absolute Gasteiger partial charge is 0.322 e. The van der Waals surface area contributed by atoms with E-state index in [9.17, 15) is 4.79 Å². The molecule has 0 radical (unpaired) electrons. The minimum absolute atomic E-state index is 0. The smallest absolute Gasteiger partial charge is 0.248 e.